The number of methoxy groups -OCH3 is 2. The third-order valence-electron chi connectivity index (χ3n) is 5.09. The SMILES string of the molecule is COc1ccc(OCCOc2ccc(OC)cc2/C=C2\C(=O)NN(c3ccccc3)C2=O)cc1. The third kappa shape index (κ3) is 5.12. The Bertz CT molecular complexity index is 1190. The fourth-order valence-electron chi connectivity index (χ4n) is 3.35. The van der Waals surface area contributed by atoms with E-state index in [0.717, 1.165) is 5.75 Å². The number of hydrazine groups is 1. The van der Waals surface area contributed by atoms with Gasteiger partial charge in [-0.2, -0.15) is 0 Å². The molecule has 0 bridgehead atoms. The van der Waals surface area contributed by atoms with Crippen LogP contribution >= 0.6 is 0 Å². The molecule has 0 aromatic heterocycles. The molecule has 3 aromatic rings. The molecule has 0 radical (unpaired) electrons. The highest BCUT2D eigenvalue weighted by Gasteiger charge is 2.34. The van der Waals surface area contributed by atoms with E-state index in [1.807, 2.05) is 30.3 Å². The summed E-state index contributed by atoms with van der Waals surface area (Å²) in [7, 11) is 3.15. The van der Waals surface area contributed by atoms with E-state index in [9.17, 15) is 9.59 Å². The zero-order valence-electron chi connectivity index (χ0n) is 18.8. The van der Waals surface area contributed by atoms with E-state index in [4.69, 9.17) is 18.9 Å². The zero-order chi connectivity index (χ0) is 23.9. The first-order valence-electron chi connectivity index (χ1n) is 10.6. The summed E-state index contributed by atoms with van der Waals surface area (Å²) in [6.45, 7) is 0.556. The van der Waals surface area contributed by atoms with Crippen molar-refractivity contribution in [2.75, 3.05) is 32.4 Å². The number of nitrogens with zero attached hydrogens (tertiary/aromatic N) is 1. The normalized spacial score (nSPS) is 14.2. The molecule has 1 aliphatic rings. The molecule has 8 nitrogen and oxygen atoms in total. The Morgan fingerprint density at radius 3 is 2.15 bits per heavy atom. The summed E-state index contributed by atoms with van der Waals surface area (Å²) in [6, 6.07) is 21.3. The van der Waals surface area contributed by atoms with Crippen molar-refractivity contribution in [3.63, 3.8) is 0 Å². The molecule has 4 rings (SSSR count). The van der Waals surface area contributed by atoms with E-state index < -0.39 is 11.8 Å². The molecule has 8 heteroatoms. The van der Waals surface area contributed by atoms with Crippen LogP contribution in [0.1, 0.15) is 5.56 Å². The molecule has 0 saturated carbocycles. The lowest BCUT2D eigenvalue weighted by atomic mass is 10.1. The minimum Gasteiger partial charge on any atom is -0.497 e. The van der Waals surface area contributed by atoms with E-state index in [1.54, 1.807) is 56.7 Å². The molecule has 174 valence electrons. The quantitative estimate of drug-likeness (QED) is 0.298. The second kappa shape index (κ2) is 10.4. The van der Waals surface area contributed by atoms with Crippen LogP contribution in [0.25, 0.3) is 6.08 Å². The van der Waals surface area contributed by atoms with Crippen molar-refractivity contribution in [1.82, 2.24) is 5.43 Å². The zero-order valence-corrected chi connectivity index (χ0v) is 18.8. The Morgan fingerprint density at radius 1 is 0.794 bits per heavy atom. The highest BCUT2D eigenvalue weighted by molar-refractivity contribution is 6.31. The number of carbonyl (C=O) groups excluding carboxylic acids is 2. The van der Waals surface area contributed by atoms with Gasteiger partial charge in [-0.25, -0.2) is 5.01 Å². The Labute approximate surface area is 197 Å². The van der Waals surface area contributed by atoms with Crippen molar-refractivity contribution in [3.8, 4) is 23.0 Å². The molecule has 1 saturated heterocycles. The summed E-state index contributed by atoms with van der Waals surface area (Å²) >= 11 is 0. The fraction of sp³-hybridized carbons (Fsp3) is 0.154. The van der Waals surface area contributed by atoms with Crippen LogP contribution in [0.2, 0.25) is 0 Å². The number of amides is 2. The maximum Gasteiger partial charge on any atom is 0.282 e. The maximum absolute atomic E-state index is 12.9. The standard InChI is InChI=1S/C26H24N2O6/c1-31-20-8-10-21(11-9-20)33-14-15-34-24-13-12-22(32-2)16-18(24)17-23-25(29)27-28(26(23)30)19-6-4-3-5-7-19/h3-13,16-17H,14-15H2,1-2H3,(H,27,29)/b23-17+. The molecular weight excluding hydrogens is 436 g/mol. The Kier molecular flexibility index (Phi) is 6.98. The summed E-state index contributed by atoms with van der Waals surface area (Å²) < 4.78 is 22.0. The van der Waals surface area contributed by atoms with E-state index in [0.29, 0.717) is 35.1 Å². The summed E-state index contributed by atoms with van der Waals surface area (Å²) in [5, 5.41) is 1.22. The number of anilines is 1. The molecular formula is C26H24N2O6. The number of carbonyl (C=O) groups is 2. The van der Waals surface area contributed by atoms with Crippen molar-refractivity contribution in [2.45, 2.75) is 0 Å². The molecule has 1 heterocycles. The number of hydrogen-bond acceptors (Lipinski definition) is 6. The van der Waals surface area contributed by atoms with Crippen LogP contribution < -0.4 is 29.4 Å². The molecule has 1 aliphatic heterocycles. The summed E-state index contributed by atoms with van der Waals surface area (Å²) in [4.78, 5) is 25.5. The van der Waals surface area contributed by atoms with E-state index >= 15 is 0 Å². The number of rotatable bonds is 9. The predicted molar refractivity (Wildman–Crippen MR) is 127 cm³/mol. The van der Waals surface area contributed by atoms with Crippen molar-refractivity contribution in [3.05, 3.63) is 83.9 Å². The number of nitrogens with one attached hydrogen (secondary N) is 1. The predicted octanol–water partition coefficient (Wildman–Crippen LogP) is 3.62. The molecule has 1 fully saturated rings. The lowest BCUT2D eigenvalue weighted by Gasteiger charge is -2.14. The van der Waals surface area contributed by atoms with E-state index in [-0.39, 0.29) is 12.2 Å². The average molecular weight is 460 g/mol. The van der Waals surface area contributed by atoms with Gasteiger partial charge in [0.1, 0.15) is 41.8 Å². The van der Waals surface area contributed by atoms with Crippen LogP contribution in [0.3, 0.4) is 0 Å². The fourth-order valence-corrected chi connectivity index (χ4v) is 3.35. The van der Waals surface area contributed by atoms with Crippen LogP contribution in [0.4, 0.5) is 5.69 Å². The first-order valence-corrected chi connectivity index (χ1v) is 10.6. The van der Waals surface area contributed by atoms with Gasteiger partial charge in [-0.3, -0.25) is 15.0 Å². The van der Waals surface area contributed by atoms with Crippen molar-refractivity contribution in [1.29, 1.82) is 0 Å². The van der Waals surface area contributed by atoms with Gasteiger partial charge in [0.25, 0.3) is 11.8 Å². The molecule has 34 heavy (non-hydrogen) atoms. The van der Waals surface area contributed by atoms with E-state index in [2.05, 4.69) is 5.43 Å². The molecule has 0 unspecified atom stereocenters. The Morgan fingerprint density at radius 2 is 1.44 bits per heavy atom. The van der Waals surface area contributed by atoms with Crippen LogP contribution in [-0.4, -0.2) is 39.2 Å². The van der Waals surface area contributed by atoms with Gasteiger partial charge >= 0.3 is 0 Å². The van der Waals surface area contributed by atoms with Gasteiger partial charge in [0.15, 0.2) is 0 Å². The van der Waals surface area contributed by atoms with Crippen LogP contribution in [0, 0.1) is 0 Å². The summed E-state index contributed by atoms with van der Waals surface area (Å²) in [5.74, 6) is 1.55. The first kappa shape index (κ1) is 22.7. The number of para-hydroxylation sites is 1. The van der Waals surface area contributed by atoms with Gasteiger partial charge in [-0.15, -0.1) is 0 Å². The number of ether oxygens (including phenoxy) is 4. The van der Waals surface area contributed by atoms with Gasteiger partial charge in [-0.05, 0) is 60.7 Å². The Balaban J connectivity index is 1.48. The smallest absolute Gasteiger partial charge is 0.282 e. The third-order valence-corrected chi connectivity index (χ3v) is 5.09. The minimum atomic E-state index is -0.495. The van der Waals surface area contributed by atoms with Crippen molar-refractivity contribution in [2.24, 2.45) is 0 Å². The monoisotopic (exact) mass is 460 g/mol. The van der Waals surface area contributed by atoms with Crippen LogP contribution in [-0.2, 0) is 9.59 Å². The summed E-state index contributed by atoms with van der Waals surface area (Å²) in [5.41, 5.74) is 3.70. The van der Waals surface area contributed by atoms with Crippen molar-refractivity contribution >= 4 is 23.6 Å². The second-order valence-corrected chi connectivity index (χ2v) is 7.25. The molecule has 3 aromatic carbocycles. The number of hydrogen-bond donors (Lipinski definition) is 1. The van der Waals surface area contributed by atoms with Gasteiger partial charge in [0.2, 0.25) is 0 Å². The summed E-state index contributed by atoms with van der Waals surface area (Å²) in [6.07, 6.45) is 1.50. The van der Waals surface area contributed by atoms with Crippen LogP contribution in [0.5, 0.6) is 23.0 Å². The lowest BCUT2D eigenvalue weighted by molar-refractivity contribution is -0.117. The topological polar surface area (TPSA) is 86.3 Å². The highest BCUT2D eigenvalue weighted by Crippen LogP contribution is 2.29. The largest absolute Gasteiger partial charge is 0.497 e. The van der Waals surface area contributed by atoms with Gasteiger partial charge in [0, 0.05) is 5.56 Å². The first-order chi connectivity index (χ1) is 16.6. The maximum atomic E-state index is 12.9. The van der Waals surface area contributed by atoms with Gasteiger partial charge in [0.05, 0.1) is 19.9 Å². The average Bonchev–Trinajstić information content (AvgIpc) is 3.16. The molecule has 0 spiro atoms. The Hall–Kier alpha value is -4.46. The molecule has 2 amide bonds. The van der Waals surface area contributed by atoms with Crippen molar-refractivity contribution < 1.29 is 28.5 Å². The van der Waals surface area contributed by atoms with Gasteiger partial charge < -0.3 is 18.9 Å². The lowest BCUT2D eigenvalue weighted by Crippen LogP contribution is -2.35. The molecule has 1 N–H and O–H groups in total. The molecule has 0 aliphatic carbocycles. The van der Waals surface area contributed by atoms with Gasteiger partial charge in [-0.1, -0.05) is 18.2 Å². The highest BCUT2D eigenvalue weighted by atomic mass is 16.5. The van der Waals surface area contributed by atoms with Crippen LogP contribution in [0.15, 0.2) is 78.4 Å². The second-order valence-electron chi connectivity index (χ2n) is 7.25. The number of benzene rings is 3. The minimum absolute atomic E-state index is 0.00330. The molecule has 0 atom stereocenters. The van der Waals surface area contributed by atoms with E-state index in [1.165, 1.54) is 11.1 Å².